The van der Waals surface area contributed by atoms with E-state index in [4.69, 9.17) is 15.0 Å². The smallest absolute Gasteiger partial charge is 0.189 e. The van der Waals surface area contributed by atoms with Gasteiger partial charge in [-0.15, -0.1) is 0 Å². The molecule has 2 atom stereocenters. The molecule has 1 aromatic carbocycles. The number of benzene rings is 1. The molecule has 2 rings (SSSR count). The van der Waals surface area contributed by atoms with Crippen LogP contribution in [0.5, 0.6) is 0 Å². The van der Waals surface area contributed by atoms with E-state index < -0.39 is 24.7 Å². The van der Waals surface area contributed by atoms with Crippen molar-refractivity contribution in [3.8, 4) is 0 Å². The molecule has 0 radical (unpaired) electrons. The summed E-state index contributed by atoms with van der Waals surface area (Å²) < 4.78 is 11.1. The maximum atomic E-state index is 9.98. The Morgan fingerprint density at radius 3 is 2.42 bits per heavy atom. The molecule has 6 nitrogen and oxygen atoms in total. The normalized spacial score (nSPS) is 25.3. The van der Waals surface area contributed by atoms with E-state index in [-0.39, 0.29) is 5.92 Å². The Labute approximate surface area is 111 Å². The molecular formula is C13H17N3O3. The molecule has 1 saturated heterocycles. The van der Waals surface area contributed by atoms with Gasteiger partial charge in [0.1, 0.15) is 6.04 Å². The van der Waals surface area contributed by atoms with Crippen LogP contribution in [-0.2, 0) is 9.47 Å². The lowest BCUT2D eigenvalue weighted by Gasteiger charge is -2.41. The molecule has 0 aromatic heterocycles. The van der Waals surface area contributed by atoms with Crippen molar-refractivity contribution in [2.45, 2.75) is 38.6 Å². The van der Waals surface area contributed by atoms with Crippen molar-refractivity contribution in [1.29, 1.82) is 0 Å². The summed E-state index contributed by atoms with van der Waals surface area (Å²) in [4.78, 5) is 2.75. The monoisotopic (exact) mass is 263 g/mol. The molecule has 1 aromatic rings. The van der Waals surface area contributed by atoms with E-state index in [0.29, 0.717) is 0 Å². The number of nitrogens with zero attached hydrogens (tertiary/aromatic N) is 3. The van der Waals surface area contributed by atoms with Gasteiger partial charge in [0.15, 0.2) is 12.6 Å². The predicted molar refractivity (Wildman–Crippen MR) is 68.9 cm³/mol. The molecule has 1 heterocycles. The first kappa shape index (κ1) is 13.8. The van der Waals surface area contributed by atoms with Crippen LogP contribution in [0.25, 0.3) is 10.4 Å². The lowest BCUT2D eigenvalue weighted by atomic mass is 9.99. The van der Waals surface area contributed by atoms with E-state index in [1.165, 1.54) is 0 Å². The first-order valence-corrected chi connectivity index (χ1v) is 6.21. The highest BCUT2D eigenvalue weighted by Crippen LogP contribution is 2.35. The van der Waals surface area contributed by atoms with Gasteiger partial charge in [0, 0.05) is 10.5 Å². The number of azide groups is 1. The first-order chi connectivity index (χ1) is 9.13. The van der Waals surface area contributed by atoms with Gasteiger partial charge in [-0.3, -0.25) is 0 Å². The van der Waals surface area contributed by atoms with Gasteiger partial charge in [-0.25, -0.2) is 0 Å². The maximum absolute atomic E-state index is 9.98. The third-order valence-electron chi connectivity index (χ3n) is 3.08. The summed E-state index contributed by atoms with van der Waals surface area (Å²) in [6.07, 6.45) is -1.95. The van der Waals surface area contributed by atoms with Gasteiger partial charge in [-0.05, 0) is 11.4 Å². The highest BCUT2D eigenvalue weighted by Gasteiger charge is 2.41. The third kappa shape index (κ3) is 3.05. The van der Waals surface area contributed by atoms with Gasteiger partial charge in [0.25, 0.3) is 0 Å². The number of aliphatic hydroxyl groups is 1. The molecule has 0 bridgehead atoms. The second-order valence-electron chi connectivity index (χ2n) is 4.81. The largest absolute Gasteiger partial charge is 0.392 e. The molecule has 0 unspecified atom stereocenters. The van der Waals surface area contributed by atoms with E-state index in [2.05, 4.69) is 10.0 Å². The van der Waals surface area contributed by atoms with Gasteiger partial charge in [0.2, 0.25) is 0 Å². The fourth-order valence-electron chi connectivity index (χ4n) is 1.92. The third-order valence-corrected chi connectivity index (χ3v) is 3.08. The number of rotatable bonds is 5. The zero-order valence-electron chi connectivity index (χ0n) is 10.9. The average Bonchev–Trinajstić information content (AvgIpc) is 2.36. The Morgan fingerprint density at radius 2 is 1.89 bits per heavy atom. The zero-order chi connectivity index (χ0) is 13.8. The highest BCUT2D eigenvalue weighted by molar-refractivity contribution is 5.17. The van der Waals surface area contributed by atoms with Gasteiger partial charge >= 0.3 is 0 Å². The molecule has 1 fully saturated rings. The van der Waals surface area contributed by atoms with Gasteiger partial charge in [-0.2, -0.15) is 0 Å². The topological polar surface area (TPSA) is 87.5 Å². The molecule has 0 amide bonds. The van der Waals surface area contributed by atoms with Crippen molar-refractivity contribution in [2.75, 3.05) is 0 Å². The standard InChI is InChI=1S/C13H17N3O3/c1-8(2)11(17)10(15-16-14)13-18-12(19-13)9-6-4-3-5-7-9/h3-8,10-13,17H,1-2H3/t10-,11-,12?,13?/m0/s1. The van der Waals surface area contributed by atoms with Crippen LogP contribution in [0, 0.1) is 5.92 Å². The van der Waals surface area contributed by atoms with E-state index in [9.17, 15) is 5.11 Å². The molecule has 1 aliphatic heterocycles. The predicted octanol–water partition coefficient (Wildman–Crippen LogP) is 2.75. The second kappa shape index (κ2) is 6.04. The van der Waals surface area contributed by atoms with Crippen molar-refractivity contribution in [2.24, 2.45) is 11.0 Å². The van der Waals surface area contributed by atoms with Crippen molar-refractivity contribution in [3.05, 3.63) is 46.3 Å². The Balaban J connectivity index is 1.99. The molecule has 0 aliphatic carbocycles. The van der Waals surface area contributed by atoms with Crippen molar-refractivity contribution < 1.29 is 14.6 Å². The maximum Gasteiger partial charge on any atom is 0.189 e. The van der Waals surface area contributed by atoms with Crippen LogP contribution in [-0.4, -0.2) is 23.5 Å². The lowest BCUT2D eigenvalue weighted by molar-refractivity contribution is -0.400. The average molecular weight is 263 g/mol. The Morgan fingerprint density at radius 1 is 1.26 bits per heavy atom. The van der Waals surface area contributed by atoms with Crippen molar-refractivity contribution in [1.82, 2.24) is 0 Å². The number of hydrogen-bond donors (Lipinski definition) is 1. The summed E-state index contributed by atoms with van der Waals surface area (Å²) in [5.41, 5.74) is 9.46. The molecule has 19 heavy (non-hydrogen) atoms. The molecule has 0 saturated carbocycles. The Hall–Kier alpha value is -1.59. The van der Waals surface area contributed by atoms with Crippen LogP contribution >= 0.6 is 0 Å². The van der Waals surface area contributed by atoms with Crippen molar-refractivity contribution >= 4 is 0 Å². The van der Waals surface area contributed by atoms with Gasteiger partial charge in [-0.1, -0.05) is 49.3 Å². The summed E-state index contributed by atoms with van der Waals surface area (Å²) in [5.74, 6) is -0.0431. The van der Waals surface area contributed by atoms with E-state index in [1.807, 2.05) is 44.2 Å². The SMILES string of the molecule is CC(C)[C@H](O)[C@H](N=[N+]=[N-])C1OC(c2ccccc2)O1. The van der Waals surface area contributed by atoms with E-state index in [0.717, 1.165) is 5.56 Å². The minimum Gasteiger partial charge on any atom is -0.392 e. The van der Waals surface area contributed by atoms with E-state index in [1.54, 1.807) is 0 Å². The van der Waals surface area contributed by atoms with Crippen LogP contribution in [0.4, 0.5) is 0 Å². The van der Waals surface area contributed by atoms with Crippen LogP contribution < -0.4 is 0 Å². The fourth-order valence-corrected chi connectivity index (χ4v) is 1.92. The number of aliphatic hydroxyl groups excluding tert-OH is 1. The first-order valence-electron chi connectivity index (χ1n) is 6.21. The zero-order valence-corrected chi connectivity index (χ0v) is 10.9. The summed E-state index contributed by atoms with van der Waals surface area (Å²) >= 11 is 0. The van der Waals surface area contributed by atoms with Crippen LogP contribution in [0.1, 0.15) is 25.7 Å². The lowest BCUT2D eigenvalue weighted by Crippen LogP contribution is -2.49. The summed E-state index contributed by atoms with van der Waals surface area (Å²) in [5, 5.41) is 13.6. The minimum atomic E-state index is -0.794. The molecule has 1 N–H and O–H groups in total. The van der Waals surface area contributed by atoms with E-state index >= 15 is 0 Å². The van der Waals surface area contributed by atoms with Crippen molar-refractivity contribution in [3.63, 3.8) is 0 Å². The Kier molecular flexibility index (Phi) is 4.39. The Bertz CT molecular complexity index is 453. The molecule has 6 heteroatoms. The van der Waals surface area contributed by atoms with Gasteiger partial charge in [0.05, 0.1) is 6.10 Å². The fraction of sp³-hybridized carbons (Fsp3) is 0.538. The molecule has 102 valence electrons. The highest BCUT2D eigenvalue weighted by atomic mass is 16.9. The minimum absolute atomic E-state index is 0.0431. The van der Waals surface area contributed by atoms with Crippen LogP contribution in [0.2, 0.25) is 0 Å². The second-order valence-corrected chi connectivity index (χ2v) is 4.81. The quantitative estimate of drug-likeness (QED) is 0.503. The number of ether oxygens (including phenoxy) is 2. The molecule has 1 aliphatic rings. The molecule has 0 spiro atoms. The van der Waals surface area contributed by atoms with Crippen LogP contribution in [0.3, 0.4) is 0 Å². The van der Waals surface area contributed by atoms with Gasteiger partial charge < -0.3 is 14.6 Å². The molecular weight excluding hydrogens is 246 g/mol. The summed E-state index contributed by atoms with van der Waals surface area (Å²) in [6, 6.07) is 8.74. The number of hydrogen-bond acceptors (Lipinski definition) is 4. The summed E-state index contributed by atoms with van der Waals surface area (Å²) in [7, 11) is 0. The van der Waals surface area contributed by atoms with Crippen LogP contribution in [0.15, 0.2) is 35.4 Å². The summed E-state index contributed by atoms with van der Waals surface area (Å²) in [6.45, 7) is 3.69.